The number of esters is 1. The molecule has 1 fully saturated rings. The third-order valence-electron chi connectivity index (χ3n) is 4.47. The fourth-order valence-electron chi connectivity index (χ4n) is 2.97. The molecular formula is C22H22N2O5. The van der Waals surface area contributed by atoms with Crippen molar-refractivity contribution in [2.75, 3.05) is 19.8 Å². The Bertz CT molecular complexity index is 931. The van der Waals surface area contributed by atoms with Gasteiger partial charge in [0.05, 0.1) is 18.3 Å². The lowest BCUT2D eigenvalue weighted by Crippen LogP contribution is -2.32. The van der Waals surface area contributed by atoms with E-state index in [0.717, 1.165) is 18.4 Å². The van der Waals surface area contributed by atoms with E-state index in [1.54, 1.807) is 43.3 Å². The molecule has 1 aliphatic rings. The molecule has 3 rings (SSSR count). The Kier molecular flexibility index (Phi) is 6.82. The number of nitriles is 1. The second-order valence-electron chi connectivity index (χ2n) is 6.51. The molecular weight excluding hydrogens is 372 g/mol. The van der Waals surface area contributed by atoms with Gasteiger partial charge in [-0.1, -0.05) is 12.1 Å². The predicted molar refractivity (Wildman–Crippen MR) is 106 cm³/mol. The number of ether oxygens (including phenoxy) is 2. The topological polar surface area (TPSA) is 102 Å². The monoisotopic (exact) mass is 394 g/mol. The molecule has 1 amide bonds. The molecule has 29 heavy (non-hydrogen) atoms. The summed E-state index contributed by atoms with van der Waals surface area (Å²) in [6.07, 6.45) is 3.30. The maximum absolute atomic E-state index is 12.2. The fourth-order valence-corrected chi connectivity index (χ4v) is 2.97. The normalized spacial score (nSPS) is 16.3. The van der Waals surface area contributed by atoms with Crippen molar-refractivity contribution in [2.45, 2.75) is 25.9 Å². The summed E-state index contributed by atoms with van der Waals surface area (Å²) < 4.78 is 16.2. The van der Waals surface area contributed by atoms with Crippen molar-refractivity contribution < 1.29 is 23.5 Å². The molecule has 0 bridgehead atoms. The highest BCUT2D eigenvalue weighted by Crippen LogP contribution is 2.24. The summed E-state index contributed by atoms with van der Waals surface area (Å²) in [4.78, 5) is 23.9. The first-order valence-electron chi connectivity index (χ1n) is 9.49. The van der Waals surface area contributed by atoms with Crippen molar-refractivity contribution in [2.24, 2.45) is 0 Å². The second kappa shape index (κ2) is 9.71. The zero-order valence-electron chi connectivity index (χ0n) is 16.1. The van der Waals surface area contributed by atoms with E-state index in [1.807, 2.05) is 6.07 Å². The maximum atomic E-state index is 12.2. The quantitative estimate of drug-likeness (QED) is 0.439. The maximum Gasteiger partial charge on any atom is 0.338 e. The highest BCUT2D eigenvalue weighted by molar-refractivity contribution is 6.01. The molecule has 1 saturated heterocycles. The first-order chi connectivity index (χ1) is 14.1. The summed E-state index contributed by atoms with van der Waals surface area (Å²) in [7, 11) is 0. The minimum absolute atomic E-state index is 0.00619. The van der Waals surface area contributed by atoms with Crippen LogP contribution in [-0.2, 0) is 14.3 Å². The summed E-state index contributed by atoms with van der Waals surface area (Å²) in [6, 6.07) is 12.1. The molecule has 0 aliphatic carbocycles. The van der Waals surface area contributed by atoms with Gasteiger partial charge in [0.1, 0.15) is 23.2 Å². The second-order valence-corrected chi connectivity index (χ2v) is 6.51. The number of nitrogens with zero attached hydrogens (tertiary/aromatic N) is 1. The lowest BCUT2D eigenvalue weighted by Gasteiger charge is -2.09. The Balaban J connectivity index is 1.66. The van der Waals surface area contributed by atoms with Crippen LogP contribution in [0, 0.1) is 11.3 Å². The molecule has 7 heteroatoms. The van der Waals surface area contributed by atoms with E-state index in [1.165, 1.54) is 6.08 Å². The van der Waals surface area contributed by atoms with Crippen LogP contribution in [0.3, 0.4) is 0 Å². The number of hydrogen-bond acceptors (Lipinski definition) is 6. The molecule has 1 aromatic carbocycles. The van der Waals surface area contributed by atoms with Gasteiger partial charge in [0.25, 0.3) is 5.91 Å². The van der Waals surface area contributed by atoms with Crippen molar-refractivity contribution in [3.63, 3.8) is 0 Å². The van der Waals surface area contributed by atoms with E-state index in [2.05, 4.69) is 5.32 Å². The van der Waals surface area contributed by atoms with Gasteiger partial charge in [-0.2, -0.15) is 5.26 Å². The van der Waals surface area contributed by atoms with E-state index in [9.17, 15) is 14.9 Å². The fraction of sp³-hybridized carbons (Fsp3) is 0.318. The number of carbonyl (C=O) groups is 2. The molecule has 1 aromatic heterocycles. The van der Waals surface area contributed by atoms with Gasteiger partial charge < -0.3 is 19.2 Å². The van der Waals surface area contributed by atoms with Gasteiger partial charge in [-0.3, -0.25) is 4.79 Å². The third kappa shape index (κ3) is 5.33. The van der Waals surface area contributed by atoms with Crippen LogP contribution in [0.4, 0.5) is 0 Å². The summed E-state index contributed by atoms with van der Waals surface area (Å²) in [6.45, 7) is 3.16. The number of benzene rings is 1. The van der Waals surface area contributed by atoms with Crippen LogP contribution in [0.5, 0.6) is 0 Å². The van der Waals surface area contributed by atoms with Gasteiger partial charge in [-0.25, -0.2) is 4.79 Å². The Morgan fingerprint density at radius 1 is 1.28 bits per heavy atom. The molecule has 2 aromatic rings. The van der Waals surface area contributed by atoms with Crippen LogP contribution < -0.4 is 5.32 Å². The lowest BCUT2D eigenvalue weighted by molar-refractivity contribution is -0.117. The Morgan fingerprint density at radius 3 is 2.72 bits per heavy atom. The van der Waals surface area contributed by atoms with E-state index in [-0.39, 0.29) is 17.6 Å². The average Bonchev–Trinajstić information content (AvgIpc) is 3.42. The smallest absolute Gasteiger partial charge is 0.338 e. The van der Waals surface area contributed by atoms with Crippen molar-refractivity contribution in [3.05, 3.63) is 53.3 Å². The zero-order valence-corrected chi connectivity index (χ0v) is 16.1. The average molecular weight is 394 g/mol. The molecule has 1 aliphatic heterocycles. The molecule has 2 heterocycles. The number of hydrogen-bond donors (Lipinski definition) is 1. The van der Waals surface area contributed by atoms with E-state index < -0.39 is 5.91 Å². The molecule has 1 N–H and O–H groups in total. The summed E-state index contributed by atoms with van der Waals surface area (Å²) >= 11 is 0. The predicted octanol–water partition coefficient (Wildman–Crippen LogP) is 3.33. The standard InChI is InChI=1S/C22H22N2O5/c1-2-27-22(26)16-7-5-15(6-8-16)20-10-9-18(29-20)12-17(13-23)21(25)24-14-19-4-3-11-28-19/h5-10,12,19H,2-4,11,14H2,1H3,(H,24,25)/b17-12+/t19-/m1/s1. The van der Waals surface area contributed by atoms with Crippen LogP contribution in [0.1, 0.15) is 35.9 Å². The molecule has 0 radical (unpaired) electrons. The Morgan fingerprint density at radius 2 is 2.07 bits per heavy atom. The van der Waals surface area contributed by atoms with Crippen molar-refractivity contribution in [1.82, 2.24) is 5.32 Å². The van der Waals surface area contributed by atoms with Crippen molar-refractivity contribution in [1.29, 1.82) is 5.26 Å². The van der Waals surface area contributed by atoms with E-state index in [4.69, 9.17) is 13.9 Å². The Hall–Kier alpha value is -3.37. The van der Waals surface area contributed by atoms with Crippen LogP contribution in [0.25, 0.3) is 17.4 Å². The number of rotatable bonds is 7. The van der Waals surface area contributed by atoms with Crippen molar-refractivity contribution in [3.8, 4) is 17.4 Å². The van der Waals surface area contributed by atoms with Gasteiger partial charge in [0.15, 0.2) is 0 Å². The van der Waals surface area contributed by atoms with Gasteiger partial charge in [0.2, 0.25) is 0 Å². The summed E-state index contributed by atoms with van der Waals surface area (Å²) in [5.74, 6) is 0.108. The van der Waals surface area contributed by atoms with E-state index >= 15 is 0 Å². The van der Waals surface area contributed by atoms with Gasteiger partial charge in [-0.15, -0.1) is 0 Å². The number of carbonyl (C=O) groups excluding carboxylic acids is 2. The molecule has 7 nitrogen and oxygen atoms in total. The highest BCUT2D eigenvalue weighted by atomic mass is 16.5. The summed E-state index contributed by atoms with van der Waals surface area (Å²) in [5.41, 5.74) is 1.18. The lowest BCUT2D eigenvalue weighted by atomic mass is 10.1. The first-order valence-corrected chi connectivity index (χ1v) is 9.49. The molecule has 150 valence electrons. The Labute approximate surface area is 168 Å². The van der Waals surface area contributed by atoms with Gasteiger partial charge in [0, 0.05) is 24.8 Å². The van der Waals surface area contributed by atoms with Crippen molar-refractivity contribution >= 4 is 18.0 Å². The third-order valence-corrected chi connectivity index (χ3v) is 4.47. The minimum Gasteiger partial charge on any atom is -0.462 e. The largest absolute Gasteiger partial charge is 0.462 e. The molecule has 1 atom stereocenters. The van der Waals surface area contributed by atoms with Crippen LogP contribution in [-0.4, -0.2) is 37.7 Å². The number of amides is 1. The first kappa shape index (κ1) is 20.4. The summed E-state index contributed by atoms with van der Waals surface area (Å²) in [5, 5.41) is 12.0. The van der Waals surface area contributed by atoms with Gasteiger partial charge >= 0.3 is 5.97 Å². The van der Waals surface area contributed by atoms with Crippen LogP contribution in [0.2, 0.25) is 0 Å². The zero-order chi connectivity index (χ0) is 20.6. The van der Waals surface area contributed by atoms with Gasteiger partial charge in [-0.05, 0) is 44.0 Å². The molecule has 0 saturated carbocycles. The van der Waals surface area contributed by atoms with Crippen LogP contribution >= 0.6 is 0 Å². The highest BCUT2D eigenvalue weighted by Gasteiger charge is 2.18. The molecule has 0 spiro atoms. The minimum atomic E-state index is -0.459. The molecule has 0 unspecified atom stereocenters. The number of nitrogens with one attached hydrogen (secondary N) is 1. The van der Waals surface area contributed by atoms with E-state index in [0.29, 0.717) is 36.8 Å². The number of furan rings is 1. The SMILES string of the molecule is CCOC(=O)c1ccc(-c2ccc(/C=C(\C#N)C(=O)NC[C@H]3CCCO3)o2)cc1. The van der Waals surface area contributed by atoms with Crippen LogP contribution in [0.15, 0.2) is 46.4 Å².